The molecule has 0 amide bonds. The van der Waals surface area contributed by atoms with E-state index in [-0.39, 0.29) is 0 Å². The summed E-state index contributed by atoms with van der Waals surface area (Å²) in [6.07, 6.45) is 0. The van der Waals surface area contributed by atoms with E-state index in [2.05, 4.69) is 50.8 Å². The van der Waals surface area contributed by atoms with Crippen LogP contribution in [0.5, 0.6) is 0 Å². The molecule has 5 N–H and O–H groups in total. The molecule has 0 heterocycles. The van der Waals surface area contributed by atoms with Crippen molar-refractivity contribution in [2.75, 3.05) is 16.0 Å². The fourth-order valence-corrected chi connectivity index (χ4v) is 3.73. The van der Waals surface area contributed by atoms with E-state index < -0.39 is 0 Å². The van der Waals surface area contributed by atoms with Gasteiger partial charge in [-0.1, -0.05) is 60.7 Å². The summed E-state index contributed by atoms with van der Waals surface area (Å²) in [4.78, 5) is 0. The number of nitrogens with one attached hydrogen (secondary N) is 5. The Balaban J connectivity index is 1.21. The molecule has 0 aliphatic carbocycles. The van der Waals surface area contributed by atoms with E-state index >= 15 is 0 Å². The van der Waals surface area contributed by atoms with Crippen LogP contribution in [-0.4, -0.2) is 10.2 Å². The Morgan fingerprint density at radius 2 is 0.800 bits per heavy atom. The van der Waals surface area contributed by atoms with Gasteiger partial charge in [-0.2, -0.15) is 0 Å². The molecular weight excluding hydrogens is 470 g/mol. The van der Waals surface area contributed by atoms with Gasteiger partial charge in [-0.05, 0) is 84.1 Å². The summed E-state index contributed by atoms with van der Waals surface area (Å²) in [6, 6.07) is 36.3. The smallest absolute Gasteiger partial charge is 0.171 e. The van der Waals surface area contributed by atoms with E-state index in [9.17, 15) is 0 Å². The monoisotopic (exact) mass is 497 g/mol. The molecule has 0 aliphatic rings. The molecule has 0 saturated heterocycles. The molecule has 0 fully saturated rings. The molecule has 0 unspecified atom stereocenters. The average Bonchev–Trinajstić information content (AvgIpc) is 2.90. The second-order valence-corrected chi connectivity index (χ2v) is 8.68. The average molecular weight is 498 g/mol. The summed E-state index contributed by atoms with van der Waals surface area (Å²) in [6.45, 7) is 1.37. The Bertz CT molecular complexity index is 1130. The van der Waals surface area contributed by atoms with Gasteiger partial charge >= 0.3 is 0 Å². The zero-order chi connectivity index (χ0) is 24.3. The zero-order valence-corrected chi connectivity index (χ0v) is 20.8. The topological polar surface area (TPSA) is 60.1 Å². The Hall–Kier alpha value is -3.94. The fourth-order valence-electron chi connectivity index (χ4n) is 3.35. The Morgan fingerprint density at radius 3 is 1.17 bits per heavy atom. The number of thiocarbonyl (C=S) groups is 2. The lowest BCUT2D eigenvalue weighted by Gasteiger charge is -2.13. The Kier molecular flexibility index (Phi) is 8.64. The molecule has 0 aromatic heterocycles. The van der Waals surface area contributed by atoms with Crippen molar-refractivity contribution < 1.29 is 0 Å². The second-order valence-electron chi connectivity index (χ2n) is 7.87. The van der Waals surface area contributed by atoms with Crippen molar-refractivity contribution in [2.24, 2.45) is 0 Å². The maximum absolute atomic E-state index is 5.40. The molecule has 176 valence electrons. The normalized spacial score (nSPS) is 10.2. The van der Waals surface area contributed by atoms with Gasteiger partial charge in [0.05, 0.1) is 0 Å². The Labute approximate surface area is 217 Å². The first-order valence-corrected chi connectivity index (χ1v) is 12.1. The maximum atomic E-state index is 5.40. The second kappa shape index (κ2) is 12.5. The van der Waals surface area contributed by atoms with Crippen LogP contribution in [0, 0.1) is 0 Å². The summed E-state index contributed by atoms with van der Waals surface area (Å²) in [7, 11) is 0. The van der Waals surface area contributed by atoms with Gasteiger partial charge in [0.25, 0.3) is 0 Å². The number of rotatable bonds is 8. The number of hydrogen-bond acceptors (Lipinski definition) is 3. The van der Waals surface area contributed by atoms with Crippen LogP contribution in [0.25, 0.3) is 0 Å². The van der Waals surface area contributed by atoms with Crippen LogP contribution in [0.1, 0.15) is 11.1 Å². The number of benzene rings is 4. The molecule has 0 radical (unpaired) electrons. The maximum Gasteiger partial charge on any atom is 0.171 e. The number of hydrogen-bond donors (Lipinski definition) is 5. The van der Waals surface area contributed by atoms with E-state index in [1.165, 1.54) is 11.1 Å². The van der Waals surface area contributed by atoms with Crippen molar-refractivity contribution in [3.05, 3.63) is 120 Å². The summed E-state index contributed by atoms with van der Waals surface area (Å²) in [5.74, 6) is 0. The van der Waals surface area contributed by atoms with Crippen LogP contribution in [0.15, 0.2) is 109 Å². The minimum absolute atomic E-state index is 0.592. The highest BCUT2D eigenvalue weighted by Gasteiger charge is 2.02. The van der Waals surface area contributed by atoms with Gasteiger partial charge in [0.1, 0.15) is 0 Å². The Morgan fingerprint density at radius 1 is 0.457 bits per heavy atom. The first kappa shape index (κ1) is 24.2. The highest BCUT2D eigenvalue weighted by molar-refractivity contribution is 7.80. The van der Waals surface area contributed by atoms with Gasteiger partial charge in [0, 0.05) is 35.8 Å². The molecule has 0 spiro atoms. The molecule has 35 heavy (non-hydrogen) atoms. The molecule has 5 nitrogen and oxygen atoms in total. The number of anilines is 4. The van der Waals surface area contributed by atoms with Crippen LogP contribution in [0.4, 0.5) is 22.7 Å². The van der Waals surface area contributed by atoms with Gasteiger partial charge < -0.3 is 26.6 Å². The molecule has 7 heteroatoms. The largest absolute Gasteiger partial charge is 0.358 e. The minimum atomic E-state index is 0.592. The summed E-state index contributed by atoms with van der Waals surface area (Å²) in [5, 5.41) is 17.5. The molecule has 4 rings (SSSR count). The van der Waals surface area contributed by atoms with E-state index in [0.29, 0.717) is 23.3 Å². The summed E-state index contributed by atoms with van der Waals surface area (Å²) >= 11 is 10.8. The zero-order valence-electron chi connectivity index (χ0n) is 19.1. The van der Waals surface area contributed by atoms with Crippen molar-refractivity contribution in [2.45, 2.75) is 13.1 Å². The molecule has 0 atom stereocenters. The predicted octanol–water partition coefficient (Wildman–Crippen LogP) is 6.40. The minimum Gasteiger partial charge on any atom is -0.358 e. The first-order chi connectivity index (χ1) is 17.1. The quantitative estimate of drug-likeness (QED) is 0.181. The van der Waals surface area contributed by atoms with Crippen molar-refractivity contribution >= 4 is 57.4 Å². The van der Waals surface area contributed by atoms with Crippen LogP contribution >= 0.6 is 24.4 Å². The van der Waals surface area contributed by atoms with Crippen molar-refractivity contribution in [3.8, 4) is 0 Å². The predicted molar refractivity (Wildman–Crippen MR) is 155 cm³/mol. The van der Waals surface area contributed by atoms with Gasteiger partial charge in [0.2, 0.25) is 0 Å². The van der Waals surface area contributed by atoms with Crippen molar-refractivity contribution in [3.63, 3.8) is 0 Å². The fraction of sp³-hybridized carbons (Fsp3) is 0.0714. The lowest BCUT2D eigenvalue weighted by molar-refractivity contribution is 0.926. The lowest BCUT2D eigenvalue weighted by Crippen LogP contribution is -2.27. The first-order valence-electron chi connectivity index (χ1n) is 11.3. The molecular formula is C28H27N5S2. The molecule has 4 aromatic carbocycles. The molecule has 0 bridgehead atoms. The van der Waals surface area contributed by atoms with Crippen molar-refractivity contribution in [1.82, 2.24) is 10.6 Å². The molecule has 4 aromatic rings. The third kappa shape index (κ3) is 8.10. The van der Waals surface area contributed by atoms with Crippen LogP contribution in [0.2, 0.25) is 0 Å². The van der Waals surface area contributed by atoms with Gasteiger partial charge in [0.15, 0.2) is 10.2 Å². The van der Waals surface area contributed by atoms with E-state index in [0.717, 1.165) is 22.7 Å². The van der Waals surface area contributed by atoms with E-state index in [1.54, 1.807) is 0 Å². The van der Waals surface area contributed by atoms with Crippen molar-refractivity contribution in [1.29, 1.82) is 0 Å². The third-order valence-corrected chi connectivity index (χ3v) is 5.66. The highest BCUT2D eigenvalue weighted by atomic mass is 32.1. The van der Waals surface area contributed by atoms with Gasteiger partial charge in [-0.3, -0.25) is 0 Å². The summed E-state index contributed by atoms with van der Waals surface area (Å²) in [5.41, 5.74) is 6.19. The SMILES string of the molecule is S=C(NCc1ccccc1)Nc1ccc(Nc2ccc(NC(=S)NCc3ccccc3)cc2)cc1. The molecule has 0 aliphatic heterocycles. The highest BCUT2D eigenvalue weighted by Crippen LogP contribution is 2.21. The van der Waals surface area contributed by atoms with E-state index in [4.69, 9.17) is 24.4 Å². The molecule has 0 saturated carbocycles. The third-order valence-electron chi connectivity index (χ3n) is 5.17. The standard InChI is InChI=1S/C28H27N5S2/c34-27(29-19-21-7-3-1-4-8-21)32-25-15-11-23(12-16-25)31-24-13-17-26(18-14-24)33-28(35)30-20-22-9-5-2-6-10-22/h1-18,31H,19-20H2,(H2,29,32,34)(H2,30,33,35). The van der Waals surface area contributed by atoms with Gasteiger partial charge in [-0.25, -0.2) is 0 Å². The summed E-state index contributed by atoms with van der Waals surface area (Å²) < 4.78 is 0. The lowest BCUT2D eigenvalue weighted by atomic mass is 10.2. The van der Waals surface area contributed by atoms with Crippen LogP contribution < -0.4 is 26.6 Å². The van der Waals surface area contributed by atoms with Crippen LogP contribution in [0.3, 0.4) is 0 Å². The van der Waals surface area contributed by atoms with E-state index in [1.807, 2.05) is 84.9 Å². The van der Waals surface area contributed by atoms with Gasteiger partial charge in [-0.15, -0.1) is 0 Å². The van der Waals surface area contributed by atoms with Crippen LogP contribution in [-0.2, 0) is 13.1 Å².